The van der Waals surface area contributed by atoms with Crippen molar-refractivity contribution < 1.29 is 9.59 Å². The van der Waals surface area contributed by atoms with Crippen LogP contribution in [0.5, 0.6) is 0 Å². The third-order valence-electron chi connectivity index (χ3n) is 3.83. The first kappa shape index (κ1) is 16.0. The van der Waals surface area contributed by atoms with Crippen LogP contribution in [0.25, 0.3) is 0 Å². The Balaban J connectivity index is 2.43. The number of amides is 2. The molecule has 0 spiro atoms. The maximum absolute atomic E-state index is 12.2. The molecule has 2 N–H and O–H groups in total. The van der Waals surface area contributed by atoms with E-state index in [4.69, 9.17) is 0 Å². The molecule has 2 amide bonds. The average molecular weight is 268 g/mol. The van der Waals surface area contributed by atoms with Gasteiger partial charge in [0.25, 0.3) is 0 Å². The second kappa shape index (κ2) is 6.92. The van der Waals surface area contributed by atoms with Crippen molar-refractivity contribution in [2.75, 3.05) is 6.54 Å². The molecule has 0 unspecified atom stereocenters. The van der Waals surface area contributed by atoms with E-state index in [1.54, 1.807) is 13.8 Å². The molecule has 1 aliphatic carbocycles. The number of carbonyl (C=O) groups excluding carboxylic acids is 2. The zero-order valence-corrected chi connectivity index (χ0v) is 12.7. The first-order valence-electron chi connectivity index (χ1n) is 7.43. The van der Waals surface area contributed by atoms with Crippen LogP contribution < -0.4 is 10.6 Å². The lowest BCUT2D eigenvalue weighted by molar-refractivity contribution is -0.141. The van der Waals surface area contributed by atoms with Crippen LogP contribution in [-0.4, -0.2) is 24.4 Å². The van der Waals surface area contributed by atoms with E-state index in [-0.39, 0.29) is 17.9 Å². The Hall–Kier alpha value is -1.06. The lowest BCUT2D eigenvalue weighted by Crippen LogP contribution is -2.50. The van der Waals surface area contributed by atoms with Crippen LogP contribution in [0.3, 0.4) is 0 Å². The first-order chi connectivity index (χ1) is 8.84. The van der Waals surface area contributed by atoms with Gasteiger partial charge in [-0.25, -0.2) is 0 Å². The van der Waals surface area contributed by atoms with Gasteiger partial charge in [0.05, 0.1) is 0 Å². The fourth-order valence-corrected chi connectivity index (χ4v) is 2.23. The maximum atomic E-state index is 12.2. The maximum Gasteiger partial charge on any atom is 0.235 e. The molecule has 0 aromatic heterocycles. The molecule has 0 heterocycles. The van der Waals surface area contributed by atoms with Gasteiger partial charge in [0.2, 0.25) is 11.8 Å². The van der Waals surface area contributed by atoms with Crippen molar-refractivity contribution >= 4 is 11.8 Å². The van der Waals surface area contributed by atoms with Crippen LogP contribution in [0.2, 0.25) is 0 Å². The van der Waals surface area contributed by atoms with E-state index >= 15 is 0 Å². The predicted octanol–water partition coefficient (Wildman–Crippen LogP) is 2.23. The van der Waals surface area contributed by atoms with Gasteiger partial charge in [-0.05, 0) is 39.0 Å². The van der Waals surface area contributed by atoms with E-state index in [9.17, 15) is 9.59 Å². The van der Waals surface area contributed by atoms with Gasteiger partial charge in [0.15, 0.2) is 0 Å². The summed E-state index contributed by atoms with van der Waals surface area (Å²) in [6.07, 6.45) is 5.36. The Kier molecular flexibility index (Phi) is 5.83. The Morgan fingerprint density at radius 3 is 2.26 bits per heavy atom. The summed E-state index contributed by atoms with van der Waals surface area (Å²) in [5.41, 5.74) is -0.987. The number of nitrogens with one attached hydrogen (secondary N) is 2. The molecule has 1 rings (SSSR count). The van der Waals surface area contributed by atoms with E-state index in [1.807, 2.05) is 0 Å². The van der Waals surface area contributed by atoms with Crippen molar-refractivity contribution in [2.45, 2.75) is 65.8 Å². The topological polar surface area (TPSA) is 58.2 Å². The van der Waals surface area contributed by atoms with Crippen LogP contribution in [-0.2, 0) is 9.59 Å². The molecule has 0 aromatic carbocycles. The summed E-state index contributed by atoms with van der Waals surface area (Å²) in [5, 5.41) is 5.86. The second-order valence-corrected chi connectivity index (χ2v) is 6.52. The van der Waals surface area contributed by atoms with Gasteiger partial charge in [-0.15, -0.1) is 0 Å². The van der Waals surface area contributed by atoms with Crippen molar-refractivity contribution in [2.24, 2.45) is 11.3 Å². The number of carbonyl (C=O) groups is 2. The smallest absolute Gasteiger partial charge is 0.235 e. The predicted molar refractivity (Wildman–Crippen MR) is 76.6 cm³/mol. The van der Waals surface area contributed by atoms with Crippen molar-refractivity contribution in [1.29, 1.82) is 0 Å². The largest absolute Gasteiger partial charge is 0.355 e. The molecule has 4 nitrogen and oxygen atoms in total. The molecule has 1 aliphatic rings. The quantitative estimate of drug-likeness (QED) is 0.726. The lowest BCUT2D eigenvalue weighted by Gasteiger charge is -2.25. The highest BCUT2D eigenvalue weighted by Gasteiger charge is 2.37. The van der Waals surface area contributed by atoms with Crippen LogP contribution in [0.15, 0.2) is 0 Å². The summed E-state index contributed by atoms with van der Waals surface area (Å²) in [4.78, 5) is 24.3. The molecule has 0 bridgehead atoms. The summed E-state index contributed by atoms with van der Waals surface area (Å²) >= 11 is 0. The summed E-state index contributed by atoms with van der Waals surface area (Å²) in [6, 6.07) is 0.259. The molecular weight excluding hydrogens is 240 g/mol. The van der Waals surface area contributed by atoms with E-state index in [0.29, 0.717) is 12.5 Å². The Morgan fingerprint density at radius 2 is 1.74 bits per heavy atom. The zero-order valence-electron chi connectivity index (χ0n) is 12.7. The molecule has 1 fully saturated rings. The van der Waals surface area contributed by atoms with Crippen molar-refractivity contribution in [3.63, 3.8) is 0 Å². The Bertz CT molecular complexity index is 318. The second-order valence-electron chi connectivity index (χ2n) is 6.52. The van der Waals surface area contributed by atoms with Crippen molar-refractivity contribution in [3.8, 4) is 0 Å². The molecule has 0 aliphatic heterocycles. The highest BCUT2D eigenvalue weighted by Crippen LogP contribution is 2.21. The molecule has 4 heteroatoms. The van der Waals surface area contributed by atoms with Crippen LogP contribution in [0.4, 0.5) is 0 Å². The van der Waals surface area contributed by atoms with Crippen molar-refractivity contribution in [1.82, 2.24) is 10.6 Å². The lowest BCUT2D eigenvalue weighted by atomic mass is 9.90. The van der Waals surface area contributed by atoms with Gasteiger partial charge in [-0.3, -0.25) is 9.59 Å². The zero-order chi connectivity index (χ0) is 14.5. The summed E-state index contributed by atoms with van der Waals surface area (Å²) in [7, 11) is 0. The molecule has 0 radical (unpaired) electrons. The standard InChI is InChI=1S/C15H28N2O2/c1-11(2)9-10-16-13(18)15(3,4)14(19)17-12-7-5-6-8-12/h11-12H,5-10H2,1-4H3,(H,16,18)(H,17,19). The van der Waals surface area contributed by atoms with Crippen LogP contribution in [0.1, 0.15) is 59.8 Å². The van der Waals surface area contributed by atoms with E-state index < -0.39 is 5.41 Å². The van der Waals surface area contributed by atoms with E-state index in [2.05, 4.69) is 24.5 Å². The van der Waals surface area contributed by atoms with Gasteiger partial charge < -0.3 is 10.6 Å². The van der Waals surface area contributed by atoms with Gasteiger partial charge >= 0.3 is 0 Å². The van der Waals surface area contributed by atoms with E-state index in [0.717, 1.165) is 19.3 Å². The first-order valence-corrected chi connectivity index (χ1v) is 7.43. The molecule has 110 valence electrons. The monoisotopic (exact) mass is 268 g/mol. The third-order valence-corrected chi connectivity index (χ3v) is 3.83. The van der Waals surface area contributed by atoms with Crippen LogP contribution >= 0.6 is 0 Å². The minimum Gasteiger partial charge on any atom is -0.355 e. The Morgan fingerprint density at radius 1 is 1.16 bits per heavy atom. The highest BCUT2D eigenvalue weighted by atomic mass is 16.2. The average Bonchev–Trinajstić information content (AvgIpc) is 2.80. The molecule has 1 saturated carbocycles. The number of hydrogen-bond acceptors (Lipinski definition) is 2. The molecule has 0 aromatic rings. The summed E-state index contributed by atoms with van der Waals surface area (Å²) in [6.45, 7) is 8.26. The van der Waals surface area contributed by atoms with Crippen molar-refractivity contribution in [3.05, 3.63) is 0 Å². The summed E-state index contributed by atoms with van der Waals surface area (Å²) < 4.78 is 0. The normalized spacial score (nSPS) is 16.7. The molecule has 0 saturated heterocycles. The van der Waals surface area contributed by atoms with E-state index in [1.165, 1.54) is 12.8 Å². The fourth-order valence-electron chi connectivity index (χ4n) is 2.23. The minimum atomic E-state index is -0.987. The molecule has 0 atom stereocenters. The van der Waals surface area contributed by atoms with Gasteiger partial charge in [-0.1, -0.05) is 26.7 Å². The number of rotatable bonds is 6. The molecule has 19 heavy (non-hydrogen) atoms. The highest BCUT2D eigenvalue weighted by molar-refractivity contribution is 6.04. The van der Waals surface area contributed by atoms with Gasteiger partial charge in [0.1, 0.15) is 5.41 Å². The fraction of sp³-hybridized carbons (Fsp3) is 0.867. The SMILES string of the molecule is CC(C)CCNC(=O)C(C)(C)C(=O)NC1CCCC1. The van der Waals surface area contributed by atoms with Gasteiger partial charge in [-0.2, -0.15) is 0 Å². The van der Waals surface area contributed by atoms with Crippen LogP contribution in [0, 0.1) is 11.3 Å². The third kappa shape index (κ3) is 4.84. The molecular formula is C15H28N2O2. The Labute approximate surface area is 116 Å². The summed E-state index contributed by atoms with van der Waals surface area (Å²) in [5.74, 6) is 0.223. The number of hydrogen-bond donors (Lipinski definition) is 2. The van der Waals surface area contributed by atoms with Gasteiger partial charge in [0, 0.05) is 12.6 Å². The minimum absolute atomic E-state index is 0.151.